The maximum atomic E-state index is 9.43. The molecule has 0 heterocycles. The maximum Gasteiger partial charge on any atom is 0.0541 e. The molecule has 2 aliphatic carbocycles. The van der Waals surface area contributed by atoms with Gasteiger partial charge in [-0.05, 0) is 44.6 Å². The van der Waals surface area contributed by atoms with Crippen LogP contribution in [0.1, 0.15) is 64.2 Å². The molecule has 0 aromatic heterocycles. The molecule has 94 valence electrons. The van der Waals surface area contributed by atoms with Crippen molar-refractivity contribution in [3.05, 3.63) is 0 Å². The minimum absolute atomic E-state index is 0.0172. The number of hydrogen-bond acceptors (Lipinski definition) is 2. The zero-order chi connectivity index (χ0) is 11.2. The number of aliphatic hydroxyl groups excluding tert-OH is 1. The molecule has 0 bridgehead atoms. The van der Waals surface area contributed by atoms with Crippen molar-refractivity contribution in [1.29, 1.82) is 0 Å². The Morgan fingerprint density at radius 1 is 0.875 bits per heavy atom. The van der Waals surface area contributed by atoms with Gasteiger partial charge in [0.05, 0.1) is 6.10 Å². The molecule has 2 saturated carbocycles. The molecule has 0 saturated heterocycles. The highest BCUT2D eigenvalue weighted by Gasteiger charge is 2.19. The summed E-state index contributed by atoms with van der Waals surface area (Å²) in [5.74, 6) is 0.996. The summed E-state index contributed by atoms with van der Waals surface area (Å²) in [6.45, 7) is 1.20. The Morgan fingerprint density at radius 3 is 2.25 bits per heavy atom. The second-order valence-electron chi connectivity index (χ2n) is 5.75. The van der Waals surface area contributed by atoms with Crippen molar-refractivity contribution in [1.82, 2.24) is 5.32 Å². The molecule has 0 radical (unpaired) electrons. The van der Waals surface area contributed by atoms with Crippen molar-refractivity contribution in [3.8, 4) is 0 Å². The average Bonchev–Trinajstić information content (AvgIpc) is 2.33. The lowest BCUT2D eigenvalue weighted by Crippen LogP contribution is -2.35. The summed E-state index contributed by atoms with van der Waals surface area (Å²) in [4.78, 5) is 0. The normalized spacial score (nSPS) is 32.8. The monoisotopic (exact) mass is 225 g/mol. The fourth-order valence-electron chi connectivity index (χ4n) is 3.25. The summed E-state index contributed by atoms with van der Waals surface area (Å²) < 4.78 is 0. The molecule has 2 N–H and O–H groups in total. The van der Waals surface area contributed by atoms with E-state index >= 15 is 0 Å². The molecule has 0 aliphatic heterocycles. The van der Waals surface area contributed by atoms with Gasteiger partial charge in [0.15, 0.2) is 0 Å². The zero-order valence-electron chi connectivity index (χ0n) is 10.5. The van der Waals surface area contributed by atoms with Crippen molar-refractivity contribution in [3.63, 3.8) is 0 Å². The first kappa shape index (κ1) is 12.4. The SMILES string of the molecule is OC1CCC(NCCC2CCCCC2)CC1. The van der Waals surface area contributed by atoms with Crippen LogP contribution in [0.2, 0.25) is 0 Å². The van der Waals surface area contributed by atoms with Crippen LogP contribution in [0, 0.1) is 5.92 Å². The van der Waals surface area contributed by atoms with Gasteiger partial charge in [0.2, 0.25) is 0 Å². The molecule has 0 atom stereocenters. The highest BCUT2D eigenvalue weighted by Crippen LogP contribution is 2.26. The fourth-order valence-corrected chi connectivity index (χ4v) is 3.25. The summed E-state index contributed by atoms with van der Waals surface area (Å²) in [5, 5.41) is 13.1. The van der Waals surface area contributed by atoms with Gasteiger partial charge < -0.3 is 10.4 Å². The van der Waals surface area contributed by atoms with Gasteiger partial charge in [-0.15, -0.1) is 0 Å². The van der Waals surface area contributed by atoms with Crippen LogP contribution in [-0.4, -0.2) is 23.8 Å². The molecule has 2 rings (SSSR count). The maximum absolute atomic E-state index is 9.43. The third-order valence-electron chi connectivity index (χ3n) is 4.41. The predicted octanol–water partition coefficient (Wildman–Crippen LogP) is 2.85. The van der Waals surface area contributed by atoms with E-state index in [1.54, 1.807) is 0 Å². The largest absolute Gasteiger partial charge is 0.393 e. The van der Waals surface area contributed by atoms with Crippen LogP contribution in [0.15, 0.2) is 0 Å². The fraction of sp³-hybridized carbons (Fsp3) is 1.00. The molecule has 0 unspecified atom stereocenters. The lowest BCUT2D eigenvalue weighted by atomic mass is 9.86. The van der Waals surface area contributed by atoms with Crippen molar-refractivity contribution in [2.75, 3.05) is 6.54 Å². The van der Waals surface area contributed by atoms with Crippen molar-refractivity contribution >= 4 is 0 Å². The first-order valence-electron chi connectivity index (χ1n) is 7.26. The van der Waals surface area contributed by atoms with Crippen molar-refractivity contribution in [2.45, 2.75) is 76.4 Å². The molecular formula is C14H27NO. The Kier molecular flexibility index (Phi) is 5.11. The Hall–Kier alpha value is -0.0800. The van der Waals surface area contributed by atoms with Crippen LogP contribution >= 0.6 is 0 Å². The summed E-state index contributed by atoms with van der Waals surface area (Å²) in [6.07, 6.45) is 13.0. The van der Waals surface area contributed by atoms with Crippen molar-refractivity contribution < 1.29 is 5.11 Å². The minimum Gasteiger partial charge on any atom is -0.393 e. The van der Waals surface area contributed by atoms with Crippen LogP contribution in [0.25, 0.3) is 0 Å². The number of aliphatic hydroxyl groups is 1. The molecule has 2 nitrogen and oxygen atoms in total. The summed E-state index contributed by atoms with van der Waals surface area (Å²) in [5.41, 5.74) is 0. The van der Waals surface area contributed by atoms with E-state index in [1.807, 2.05) is 0 Å². The van der Waals surface area contributed by atoms with Gasteiger partial charge in [0.25, 0.3) is 0 Å². The van der Waals surface area contributed by atoms with E-state index in [4.69, 9.17) is 0 Å². The van der Waals surface area contributed by atoms with E-state index in [1.165, 1.54) is 57.9 Å². The standard InChI is InChI=1S/C14H27NO/c16-14-8-6-13(7-9-14)15-11-10-12-4-2-1-3-5-12/h12-16H,1-11H2. The minimum atomic E-state index is -0.0172. The third-order valence-corrected chi connectivity index (χ3v) is 4.41. The molecule has 2 heteroatoms. The lowest BCUT2D eigenvalue weighted by Gasteiger charge is -2.27. The van der Waals surface area contributed by atoms with E-state index in [0.29, 0.717) is 6.04 Å². The smallest absolute Gasteiger partial charge is 0.0541 e. The van der Waals surface area contributed by atoms with Crippen LogP contribution < -0.4 is 5.32 Å². The molecule has 0 aromatic rings. The summed E-state index contributed by atoms with van der Waals surface area (Å²) >= 11 is 0. The Bertz CT molecular complexity index is 181. The Labute approximate surface area is 99.8 Å². The molecule has 0 amide bonds. The van der Waals surface area contributed by atoms with E-state index in [0.717, 1.165) is 18.8 Å². The van der Waals surface area contributed by atoms with Crippen molar-refractivity contribution in [2.24, 2.45) is 5.92 Å². The molecule has 2 aliphatic rings. The summed E-state index contributed by atoms with van der Waals surface area (Å²) in [6, 6.07) is 0.687. The highest BCUT2D eigenvalue weighted by atomic mass is 16.3. The van der Waals surface area contributed by atoms with Gasteiger partial charge in [-0.3, -0.25) is 0 Å². The number of rotatable bonds is 4. The van der Waals surface area contributed by atoms with Crippen LogP contribution in [0.5, 0.6) is 0 Å². The molecular weight excluding hydrogens is 198 g/mol. The first-order valence-corrected chi connectivity index (χ1v) is 7.26. The van der Waals surface area contributed by atoms with Gasteiger partial charge in [-0.1, -0.05) is 32.1 Å². The van der Waals surface area contributed by atoms with E-state index in [9.17, 15) is 5.11 Å². The van der Waals surface area contributed by atoms with Crippen LogP contribution in [-0.2, 0) is 0 Å². The lowest BCUT2D eigenvalue weighted by molar-refractivity contribution is 0.116. The quantitative estimate of drug-likeness (QED) is 0.771. The van der Waals surface area contributed by atoms with Gasteiger partial charge in [0, 0.05) is 6.04 Å². The Balaban J connectivity index is 1.53. The topological polar surface area (TPSA) is 32.3 Å². The molecule has 0 spiro atoms. The van der Waals surface area contributed by atoms with Gasteiger partial charge in [-0.2, -0.15) is 0 Å². The van der Waals surface area contributed by atoms with Crippen LogP contribution in [0.4, 0.5) is 0 Å². The second kappa shape index (κ2) is 6.61. The van der Waals surface area contributed by atoms with E-state index in [2.05, 4.69) is 5.32 Å². The first-order chi connectivity index (χ1) is 7.84. The summed E-state index contributed by atoms with van der Waals surface area (Å²) in [7, 11) is 0. The Morgan fingerprint density at radius 2 is 1.56 bits per heavy atom. The van der Waals surface area contributed by atoms with E-state index in [-0.39, 0.29) is 6.10 Å². The molecule has 16 heavy (non-hydrogen) atoms. The molecule has 0 aromatic carbocycles. The van der Waals surface area contributed by atoms with E-state index < -0.39 is 0 Å². The highest BCUT2D eigenvalue weighted by molar-refractivity contribution is 4.77. The van der Waals surface area contributed by atoms with Gasteiger partial charge >= 0.3 is 0 Å². The second-order valence-corrected chi connectivity index (χ2v) is 5.75. The van der Waals surface area contributed by atoms with Crippen LogP contribution in [0.3, 0.4) is 0 Å². The number of nitrogens with one attached hydrogen (secondary N) is 1. The van der Waals surface area contributed by atoms with Gasteiger partial charge in [0.1, 0.15) is 0 Å². The van der Waals surface area contributed by atoms with Gasteiger partial charge in [-0.25, -0.2) is 0 Å². The average molecular weight is 225 g/mol. The number of hydrogen-bond donors (Lipinski definition) is 2. The zero-order valence-corrected chi connectivity index (χ0v) is 10.5. The predicted molar refractivity (Wildman–Crippen MR) is 67.5 cm³/mol. The molecule has 2 fully saturated rings. The third kappa shape index (κ3) is 4.06.